The van der Waals surface area contributed by atoms with Crippen molar-refractivity contribution in [2.24, 2.45) is 4.99 Å². The molecule has 0 bridgehead atoms. The molecular formula is C15H13N3O4S2. The molecule has 0 radical (unpaired) electrons. The number of hydrogen-bond acceptors (Lipinski definition) is 6. The third-order valence-electron chi connectivity index (χ3n) is 4.13. The van der Waals surface area contributed by atoms with Crippen LogP contribution in [0.3, 0.4) is 0 Å². The molecule has 0 saturated heterocycles. The summed E-state index contributed by atoms with van der Waals surface area (Å²) in [5.41, 5.74) is 1.90. The van der Waals surface area contributed by atoms with E-state index in [9.17, 15) is 14.7 Å². The van der Waals surface area contributed by atoms with E-state index in [1.165, 1.54) is 22.3 Å². The summed E-state index contributed by atoms with van der Waals surface area (Å²) in [6.07, 6.45) is 6.26. The second-order valence-corrected chi connectivity index (χ2v) is 7.76. The Kier molecular flexibility index (Phi) is 3.69. The van der Waals surface area contributed by atoms with Crippen molar-refractivity contribution in [1.29, 1.82) is 0 Å². The van der Waals surface area contributed by atoms with E-state index in [0.717, 1.165) is 30.4 Å². The van der Waals surface area contributed by atoms with E-state index < -0.39 is 17.2 Å². The first-order valence-electron chi connectivity index (χ1n) is 7.39. The van der Waals surface area contributed by atoms with Crippen molar-refractivity contribution < 1.29 is 19.8 Å². The van der Waals surface area contributed by atoms with Gasteiger partial charge in [0.2, 0.25) is 0 Å². The minimum atomic E-state index is -1.13. The lowest BCUT2D eigenvalue weighted by Gasteiger charge is -2.12. The van der Waals surface area contributed by atoms with Crippen LogP contribution in [0.4, 0.5) is 0 Å². The second kappa shape index (κ2) is 5.75. The molecule has 2 aromatic heterocycles. The molecule has 9 heteroatoms. The van der Waals surface area contributed by atoms with Gasteiger partial charge >= 0.3 is 11.9 Å². The van der Waals surface area contributed by atoms with Crippen LogP contribution in [0.15, 0.2) is 23.0 Å². The zero-order chi connectivity index (χ0) is 16.8. The number of aryl methyl sites for hydroxylation is 2. The number of aliphatic carboxylic acids is 2. The highest BCUT2D eigenvalue weighted by Crippen LogP contribution is 2.39. The van der Waals surface area contributed by atoms with Crippen molar-refractivity contribution in [2.45, 2.75) is 24.5 Å². The van der Waals surface area contributed by atoms with Gasteiger partial charge in [-0.15, -0.1) is 23.1 Å². The first-order chi connectivity index (χ1) is 11.5. The van der Waals surface area contributed by atoms with E-state index >= 15 is 0 Å². The third kappa shape index (κ3) is 2.44. The van der Waals surface area contributed by atoms with Gasteiger partial charge in [0.1, 0.15) is 5.71 Å². The monoisotopic (exact) mass is 363 g/mol. The summed E-state index contributed by atoms with van der Waals surface area (Å²) in [7, 11) is 0. The number of carboxylic acids is 2. The minimum Gasteiger partial charge on any atom is -0.478 e. The minimum absolute atomic E-state index is 0.0526. The molecule has 3 heterocycles. The number of thiazole rings is 1. The normalized spacial score (nSPS) is 20.4. The summed E-state index contributed by atoms with van der Waals surface area (Å²) in [5, 5.41) is 18.0. The van der Waals surface area contributed by atoms with Gasteiger partial charge in [-0.3, -0.25) is 9.39 Å². The highest BCUT2D eigenvalue weighted by Gasteiger charge is 2.30. The Balaban J connectivity index is 1.73. The Morgan fingerprint density at radius 1 is 1.25 bits per heavy atom. The molecule has 1 unspecified atom stereocenters. The van der Waals surface area contributed by atoms with Gasteiger partial charge in [0.15, 0.2) is 4.96 Å². The maximum absolute atomic E-state index is 11.6. The number of carbonyl (C=O) groups is 2. The summed E-state index contributed by atoms with van der Waals surface area (Å²) in [6.45, 7) is 0. The van der Waals surface area contributed by atoms with Crippen molar-refractivity contribution in [2.75, 3.05) is 5.75 Å². The van der Waals surface area contributed by atoms with Crippen molar-refractivity contribution in [3.8, 4) is 0 Å². The van der Waals surface area contributed by atoms with Gasteiger partial charge in [0.05, 0.1) is 16.5 Å². The van der Waals surface area contributed by atoms with E-state index in [0.29, 0.717) is 5.69 Å². The van der Waals surface area contributed by atoms with E-state index in [1.807, 2.05) is 10.6 Å². The van der Waals surface area contributed by atoms with Gasteiger partial charge in [-0.1, -0.05) is 0 Å². The number of rotatable bonds is 3. The van der Waals surface area contributed by atoms with Crippen molar-refractivity contribution in [1.82, 2.24) is 9.38 Å². The van der Waals surface area contributed by atoms with Crippen LogP contribution in [0, 0.1) is 0 Å². The topological polar surface area (TPSA) is 104 Å². The Morgan fingerprint density at radius 3 is 2.83 bits per heavy atom. The first-order valence-corrected chi connectivity index (χ1v) is 9.25. The Morgan fingerprint density at radius 2 is 2.08 bits per heavy atom. The van der Waals surface area contributed by atoms with Gasteiger partial charge in [-0.25, -0.2) is 14.6 Å². The molecule has 0 saturated carbocycles. The molecule has 7 nitrogen and oxygen atoms in total. The van der Waals surface area contributed by atoms with Crippen LogP contribution in [0.1, 0.15) is 27.9 Å². The first kappa shape index (κ1) is 15.4. The summed E-state index contributed by atoms with van der Waals surface area (Å²) in [6, 6.07) is 0. The van der Waals surface area contributed by atoms with Crippen LogP contribution >= 0.6 is 23.1 Å². The zero-order valence-electron chi connectivity index (χ0n) is 12.4. The van der Waals surface area contributed by atoms with Gasteiger partial charge in [-0.05, 0) is 19.3 Å². The fourth-order valence-electron chi connectivity index (χ4n) is 2.98. The lowest BCUT2D eigenvalue weighted by Crippen LogP contribution is -2.15. The number of carboxylic acid groups (broad SMARTS) is 2. The smallest absolute Gasteiger partial charge is 0.351 e. The van der Waals surface area contributed by atoms with Crippen LogP contribution in [0.2, 0.25) is 0 Å². The third-order valence-corrected chi connectivity index (χ3v) is 6.55. The number of imidazole rings is 1. The van der Waals surface area contributed by atoms with Crippen LogP contribution in [0.25, 0.3) is 4.96 Å². The lowest BCUT2D eigenvalue weighted by atomic mass is 10.1. The van der Waals surface area contributed by atoms with Crippen molar-refractivity contribution >= 4 is 45.7 Å². The quantitative estimate of drug-likeness (QED) is 0.866. The van der Waals surface area contributed by atoms with Crippen LogP contribution in [-0.4, -0.2) is 43.0 Å². The van der Waals surface area contributed by atoms with E-state index in [-0.39, 0.29) is 17.0 Å². The molecule has 124 valence electrons. The van der Waals surface area contributed by atoms with Gasteiger partial charge in [0, 0.05) is 28.7 Å². The SMILES string of the molecule is O=C(O)C1=CN=C(C(=O)O)CSC1c1cn2c3c(sc2n1)CCC3. The van der Waals surface area contributed by atoms with Crippen molar-refractivity contribution in [3.63, 3.8) is 0 Å². The van der Waals surface area contributed by atoms with E-state index in [2.05, 4.69) is 9.98 Å². The molecule has 2 aliphatic rings. The van der Waals surface area contributed by atoms with Crippen LogP contribution in [-0.2, 0) is 22.4 Å². The fraction of sp³-hybridized carbons (Fsp3) is 0.333. The zero-order valence-corrected chi connectivity index (χ0v) is 14.1. The summed E-state index contributed by atoms with van der Waals surface area (Å²) in [5.74, 6) is -2.10. The molecular weight excluding hydrogens is 350 g/mol. The number of aliphatic imine (C=N–C) groups is 1. The molecule has 1 atom stereocenters. The average Bonchev–Trinajstić information content (AvgIpc) is 3.14. The molecule has 0 amide bonds. The molecule has 0 fully saturated rings. The Labute approximate surface area is 144 Å². The maximum atomic E-state index is 11.6. The predicted molar refractivity (Wildman–Crippen MR) is 91.1 cm³/mol. The standard InChI is InChI=1S/C15H13N3O4S2/c19-13(20)7-4-16-9(14(21)22)6-23-12(7)8-5-18-10-2-1-3-11(10)24-15(18)17-8/h4-5,12H,1-3,6H2,(H,19,20)(H,21,22). The Hall–Kier alpha value is -2.13. The van der Waals surface area contributed by atoms with E-state index in [4.69, 9.17) is 5.11 Å². The number of nitrogens with zero attached hydrogens (tertiary/aromatic N) is 3. The van der Waals surface area contributed by atoms with Gasteiger partial charge in [-0.2, -0.15) is 0 Å². The molecule has 4 rings (SSSR count). The number of hydrogen-bond donors (Lipinski definition) is 2. The second-order valence-electron chi connectivity index (χ2n) is 5.61. The molecule has 2 N–H and O–H groups in total. The molecule has 24 heavy (non-hydrogen) atoms. The summed E-state index contributed by atoms with van der Waals surface area (Å²) in [4.78, 5) is 33.3. The Bertz CT molecular complexity index is 925. The molecule has 0 aromatic carbocycles. The van der Waals surface area contributed by atoms with E-state index in [1.54, 1.807) is 11.3 Å². The molecule has 2 aromatic rings. The number of thioether (sulfide) groups is 1. The summed E-state index contributed by atoms with van der Waals surface area (Å²) < 4.78 is 2.05. The van der Waals surface area contributed by atoms with Crippen LogP contribution < -0.4 is 0 Å². The number of aromatic nitrogens is 2. The molecule has 1 aliphatic heterocycles. The lowest BCUT2D eigenvalue weighted by molar-refractivity contribution is -0.133. The maximum Gasteiger partial charge on any atom is 0.351 e. The van der Waals surface area contributed by atoms with Gasteiger partial charge in [0.25, 0.3) is 0 Å². The molecule has 0 spiro atoms. The molecule has 1 aliphatic carbocycles. The van der Waals surface area contributed by atoms with Crippen LogP contribution in [0.5, 0.6) is 0 Å². The largest absolute Gasteiger partial charge is 0.478 e. The average molecular weight is 363 g/mol. The fourth-order valence-corrected chi connectivity index (χ4v) is 5.33. The van der Waals surface area contributed by atoms with Crippen molar-refractivity contribution in [3.05, 3.63) is 34.2 Å². The van der Waals surface area contributed by atoms with Gasteiger partial charge < -0.3 is 10.2 Å². The number of fused-ring (bicyclic) bond motifs is 3. The highest BCUT2D eigenvalue weighted by atomic mass is 32.2. The predicted octanol–water partition coefficient (Wildman–Crippen LogP) is 2.17. The summed E-state index contributed by atoms with van der Waals surface area (Å²) >= 11 is 2.87. The highest BCUT2D eigenvalue weighted by molar-refractivity contribution is 8.00.